The van der Waals surface area contributed by atoms with E-state index >= 15 is 0 Å². The zero-order chi connectivity index (χ0) is 14.7. The zero-order valence-corrected chi connectivity index (χ0v) is 12.0. The van der Waals surface area contributed by atoms with Crippen LogP contribution in [0.5, 0.6) is 0 Å². The van der Waals surface area contributed by atoms with E-state index in [1.54, 1.807) is 30.4 Å². The minimum atomic E-state index is -0.0373. The van der Waals surface area contributed by atoms with Crippen LogP contribution in [-0.2, 0) is 0 Å². The van der Waals surface area contributed by atoms with Crippen LogP contribution in [0.25, 0.3) is 0 Å². The molecular formula is C16H19N3O. The average Bonchev–Trinajstić information content (AvgIpc) is 2.45. The highest BCUT2D eigenvalue weighted by molar-refractivity contribution is 5.95. The number of benzene rings is 1. The van der Waals surface area contributed by atoms with E-state index in [0.717, 1.165) is 11.1 Å². The van der Waals surface area contributed by atoms with E-state index in [0.29, 0.717) is 11.3 Å². The van der Waals surface area contributed by atoms with Crippen LogP contribution in [0.15, 0.2) is 42.7 Å². The van der Waals surface area contributed by atoms with Gasteiger partial charge in [0.2, 0.25) is 0 Å². The lowest BCUT2D eigenvalue weighted by Gasteiger charge is -2.25. The Balaban J connectivity index is 2.24. The second kappa shape index (κ2) is 5.74. The van der Waals surface area contributed by atoms with Crippen molar-refractivity contribution in [3.05, 3.63) is 59.4 Å². The van der Waals surface area contributed by atoms with Crippen LogP contribution in [0.1, 0.15) is 34.5 Å². The first-order valence-corrected chi connectivity index (χ1v) is 6.53. The highest BCUT2D eigenvalue weighted by Crippen LogP contribution is 2.21. The van der Waals surface area contributed by atoms with Crippen molar-refractivity contribution < 1.29 is 4.79 Å². The third-order valence-corrected chi connectivity index (χ3v) is 3.44. The van der Waals surface area contributed by atoms with Crippen molar-refractivity contribution in [1.82, 2.24) is 9.88 Å². The third kappa shape index (κ3) is 2.96. The summed E-state index contributed by atoms with van der Waals surface area (Å²) in [4.78, 5) is 18.2. The van der Waals surface area contributed by atoms with Gasteiger partial charge in [0, 0.05) is 30.7 Å². The van der Waals surface area contributed by atoms with E-state index in [4.69, 9.17) is 5.73 Å². The molecule has 0 radical (unpaired) electrons. The molecule has 2 rings (SSSR count). The number of nitrogens with zero attached hydrogens (tertiary/aromatic N) is 2. The third-order valence-electron chi connectivity index (χ3n) is 3.44. The van der Waals surface area contributed by atoms with Gasteiger partial charge >= 0.3 is 0 Å². The molecule has 0 fully saturated rings. The molecule has 0 spiro atoms. The Morgan fingerprint density at radius 2 is 1.90 bits per heavy atom. The summed E-state index contributed by atoms with van der Waals surface area (Å²) in [6.45, 7) is 3.92. The molecule has 20 heavy (non-hydrogen) atoms. The van der Waals surface area contributed by atoms with E-state index in [2.05, 4.69) is 4.98 Å². The number of hydrogen-bond donors (Lipinski definition) is 1. The first kappa shape index (κ1) is 14.1. The molecule has 1 heterocycles. The number of carbonyl (C=O) groups is 1. The molecule has 1 unspecified atom stereocenters. The van der Waals surface area contributed by atoms with Gasteiger partial charge in [-0.1, -0.05) is 0 Å². The van der Waals surface area contributed by atoms with Crippen LogP contribution in [-0.4, -0.2) is 22.8 Å². The fourth-order valence-electron chi connectivity index (χ4n) is 2.18. The molecule has 1 amide bonds. The molecule has 0 saturated heterocycles. The predicted molar refractivity (Wildman–Crippen MR) is 80.3 cm³/mol. The number of aromatic nitrogens is 1. The number of nitrogen functional groups attached to an aromatic ring is 1. The van der Waals surface area contributed by atoms with E-state index < -0.39 is 0 Å². The first-order valence-electron chi connectivity index (χ1n) is 6.53. The van der Waals surface area contributed by atoms with Gasteiger partial charge in [-0.2, -0.15) is 0 Å². The number of hydrogen-bond acceptors (Lipinski definition) is 3. The average molecular weight is 269 g/mol. The van der Waals surface area contributed by atoms with Crippen LogP contribution in [0.3, 0.4) is 0 Å². The number of pyridine rings is 1. The number of carbonyl (C=O) groups excluding carboxylic acids is 1. The molecule has 0 aliphatic carbocycles. The molecule has 1 aromatic carbocycles. The number of aryl methyl sites for hydroxylation is 1. The number of rotatable bonds is 3. The summed E-state index contributed by atoms with van der Waals surface area (Å²) >= 11 is 0. The molecule has 104 valence electrons. The Morgan fingerprint density at radius 1 is 1.25 bits per heavy atom. The quantitative estimate of drug-likeness (QED) is 0.872. The summed E-state index contributed by atoms with van der Waals surface area (Å²) in [5.41, 5.74) is 9.07. The lowest BCUT2D eigenvalue weighted by molar-refractivity contribution is 0.0742. The normalized spacial score (nSPS) is 11.9. The maximum absolute atomic E-state index is 12.5. The highest BCUT2D eigenvalue weighted by atomic mass is 16.2. The minimum absolute atomic E-state index is 0.0211. The Hall–Kier alpha value is -2.36. The van der Waals surface area contributed by atoms with Crippen LogP contribution in [0.2, 0.25) is 0 Å². The first-order chi connectivity index (χ1) is 9.49. The maximum atomic E-state index is 12.5. The SMILES string of the molecule is Cc1cc(N)cc(C(=O)N(C)C(C)c2ccncc2)c1. The molecule has 0 bridgehead atoms. The monoisotopic (exact) mass is 269 g/mol. The van der Waals surface area contributed by atoms with Crippen molar-refractivity contribution in [2.24, 2.45) is 0 Å². The highest BCUT2D eigenvalue weighted by Gasteiger charge is 2.19. The lowest BCUT2D eigenvalue weighted by Crippen LogP contribution is -2.29. The molecule has 0 aliphatic heterocycles. The van der Waals surface area contributed by atoms with Crippen molar-refractivity contribution in [3.63, 3.8) is 0 Å². The summed E-state index contributed by atoms with van der Waals surface area (Å²) in [6.07, 6.45) is 3.46. The van der Waals surface area contributed by atoms with Crippen molar-refractivity contribution in [2.45, 2.75) is 19.9 Å². The molecule has 0 aliphatic rings. The van der Waals surface area contributed by atoms with Crippen molar-refractivity contribution >= 4 is 11.6 Å². The molecule has 4 heteroatoms. The molecule has 0 saturated carbocycles. The maximum Gasteiger partial charge on any atom is 0.254 e. The Bertz CT molecular complexity index is 590. The summed E-state index contributed by atoms with van der Waals surface area (Å²) in [5.74, 6) is -0.0373. The van der Waals surface area contributed by atoms with Gasteiger partial charge in [0.25, 0.3) is 5.91 Å². The second-order valence-corrected chi connectivity index (χ2v) is 5.00. The van der Waals surface area contributed by atoms with Gasteiger partial charge in [-0.05, 0) is 55.3 Å². The minimum Gasteiger partial charge on any atom is -0.399 e. The van der Waals surface area contributed by atoms with Gasteiger partial charge < -0.3 is 10.6 Å². The zero-order valence-electron chi connectivity index (χ0n) is 12.0. The van der Waals surface area contributed by atoms with Gasteiger partial charge in [-0.15, -0.1) is 0 Å². The Morgan fingerprint density at radius 3 is 2.50 bits per heavy atom. The number of anilines is 1. The molecule has 4 nitrogen and oxygen atoms in total. The molecule has 2 aromatic rings. The fourth-order valence-corrected chi connectivity index (χ4v) is 2.18. The van der Waals surface area contributed by atoms with Gasteiger partial charge in [0.05, 0.1) is 6.04 Å². The van der Waals surface area contributed by atoms with Crippen LogP contribution < -0.4 is 5.73 Å². The Kier molecular flexibility index (Phi) is 4.03. The number of nitrogens with two attached hydrogens (primary N) is 1. The van der Waals surface area contributed by atoms with Crippen LogP contribution in [0, 0.1) is 6.92 Å². The molecule has 1 atom stereocenters. The van der Waals surface area contributed by atoms with E-state index in [9.17, 15) is 4.79 Å². The number of amides is 1. The van der Waals surface area contributed by atoms with Crippen molar-refractivity contribution in [1.29, 1.82) is 0 Å². The largest absolute Gasteiger partial charge is 0.399 e. The summed E-state index contributed by atoms with van der Waals surface area (Å²) in [6, 6.07) is 9.23. The lowest BCUT2D eigenvalue weighted by atomic mass is 10.1. The summed E-state index contributed by atoms with van der Waals surface area (Å²) in [5, 5.41) is 0. The van der Waals surface area contributed by atoms with Crippen molar-refractivity contribution in [2.75, 3.05) is 12.8 Å². The topological polar surface area (TPSA) is 59.2 Å². The Labute approximate surface area is 119 Å². The standard InChI is InChI=1S/C16H19N3O/c1-11-8-14(10-15(17)9-11)16(20)19(3)12(2)13-4-6-18-7-5-13/h4-10,12H,17H2,1-3H3. The van der Waals surface area contributed by atoms with Gasteiger partial charge in [-0.3, -0.25) is 9.78 Å². The second-order valence-electron chi connectivity index (χ2n) is 5.00. The predicted octanol–water partition coefficient (Wildman–Crippen LogP) is 2.81. The van der Waals surface area contributed by atoms with E-state index in [1.807, 2.05) is 38.1 Å². The van der Waals surface area contributed by atoms with Gasteiger partial charge in [0.1, 0.15) is 0 Å². The smallest absolute Gasteiger partial charge is 0.254 e. The fraction of sp³-hybridized carbons (Fsp3) is 0.250. The van der Waals surface area contributed by atoms with Crippen LogP contribution in [0.4, 0.5) is 5.69 Å². The molecular weight excluding hydrogens is 250 g/mol. The van der Waals surface area contributed by atoms with E-state index in [1.165, 1.54) is 0 Å². The van der Waals surface area contributed by atoms with Gasteiger partial charge in [0.15, 0.2) is 0 Å². The van der Waals surface area contributed by atoms with Crippen molar-refractivity contribution in [3.8, 4) is 0 Å². The van der Waals surface area contributed by atoms with Gasteiger partial charge in [-0.25, -0.2) is 0 Å². The molecule has 2 N–H and O–H groups in total. The molecule has 1 aromatic heterocycles. The van der Waals surface area contributed by atoms with E-state index in [-0.39, 0.29) is 11.9 Å². The summed E-state index contributed by atoms with van der Waals surface area (Å²) in [7, 11) is 1.80. The van der Waals surface area contributed by atoms with Crippen LogP contribution >= 0.6 is 0 Å². The summed E-state index contributed by atoms with van der Waals surface area (Å²) < 4.78 is 0.